The summed E-state index contributed by atoms with van der Waals surface area (Å²) in [6.45, 7) is 9.79. The van der Waals surface area contributed by atoms with Crippen LogP contribution in [0.2, 0.25) is 0 Å². The molecule has 0 saturated heterocycles. The molecule has 0 aliphatic carbocycles. The Morgan fingerprint density at radius 1 is 0.938 bits per heavy atom. The first-order chi connectivity index (χ1) is 7.56. The molecule has 0 amide bonds. The molecule has 0 heterocycles. The Hall–Kier alpha value is -0.120. The van der Waals surface area contributed by atoms with Crippen molar-refractivity contribution in [3.8, 4) is 0 Å². The van der Waals surface area contributed by atoms with Crippen molar-refractivity contribution in [2.75, 3.05) is 19.8 Å². The second-order valence-electron chi connectivity index (χ2n) is 4.90. The monoisotopic (exact) mass is 232 g/mol. The Balaban J connectivity index is 3.27. The molecule has 0 aromatic rings. The van der Waals surface area contributed by atoms with Gasteiger partial charge in [-0.25, -0.2) is 0 Å². The van der Waals surface area contributed by atoms with Crippen LogP contribution in [0.1, 0.15) is 47.0 Å². The maximum absolute atomic E-state index is 8.78. The van der Waals surface area contributed by atoms with Crippen molar-refractivity contribution in [1.82, 2.24) is 0 Å². The molecule has 0 aromatic carbocycles. The summed E-state index contributed by atoms with van der Waals surface area (Å²) in [5.41, 5.74) is 0. The van der Waals surface area contributed by atoms with Crippen molar-refractivity contribution in [2.45, 2.75) is 59.2 Å². The zero-order valence-electron chi connectivity index (χ0n) is 11.2. The summed E-state index contributed by atoms with van der Waals surface area (Å²) in [6, 6.07) is 0. The number of ether oxygens (including phenoxy) is 2. The zero-order chi connectivity index (χ0) is 12.4. The first-order valence-corrected chi connectivity index (χ1v) is 6.40. The lowest BCUT2D eigenvalue weighted by molar-refractivity contribution is -0.0460. The van der Waals surface area contributed by atoms with E-state index in [2.05, 4.69) is 13.8 Å². The van der Waals surface area contributed by atoms with Gasteiger partial charge in [-0.15, -0.1) is 0 Å². The van der Waals surface area contributed by atoms with Gasteiger partial charge >= 0.3 is 0 Å². The lowest BCUT2D eigenvalue weighted by Crippen LogP contribution is -2.22. The van der Waals surface area contributed by atoms with Gasteiger partial charge in [0, 0.05) is 6.61 Å². The fraction of sp³-hybridized carbons (Fsp3) is 1.00. The summed E-state index contributed by atoms with van der Waals surface area (Å²) in [7, 11) is 0. The quantitative estimate of drug-likeness (QED) is 0.588. The third-order valence-electron chi connectivity index (χ3n) is 2.45. The smallest absolute Gasteiger partial charge is 0.0780 e. The lowest BCUT2D eigenvalue weighted by atomic mass is 10.1. The van der Waals surface area contributed by atoms with E-state index in [0.717, 1.165) is 18.9 Å². The van der Waals surface area contributed by atoms with Crippen LogP contribution in [0, 0.1) is 5.92 Å². The van der Waals surface area contributed by atoms with Crippen LogP contribution in [-0.2, 0) is 9.47 Å². The van der Waals surface area contributed by atoms with E-state index < -0.39 is 0 Å². The highest BCUT2D eigenvalue weighted by molar-refractivity contribution is 4.52. The number of aliphatic hydroxyl groups excluding tert-OH is 1. The minimum atomic E-state index is -0.0907. The van der Waals surface area contributed by atoms with Gasteiger partial charge in [-0.2, -0.15) is 0 Å². The molecule has 2 atom stereocenters. The topological polar surface area (TPSA) is 38.7 Å². The van der Waals surface area contributed by atoms with Crippen molar-refractivity contribution in [2.24, 2.45) is 5.92 Å². The van der Waals surface area contributed by atoms with E-state index in [1.807, 2.05) is 13.8 Å². The second kappa shape index (κ2) is 10.1. The van der Waals surface area contributed by atoms with E-state index >= 15 is 0 Å². The largest absolute Gasteiger partial charge is 0.394 e. The summed E-state index contributed by atoms with van der Waals surface area (Å²) >= 11 is 0. The van der Waals surface area contributed by atoms with E-state index in [4.69, 9.17) is 14.6 Å². The first kappa shape index (κ1) is 15.9. The van der Waals surface area contributed by atoms with Crippen molar-refractivity contribution >= 4 is 0 Å². The zero-order valence-corrected chi connectivity index (χ0v) is 11.2. The predicted molar refractivity (Wildman–Crippen MR) is 66.6 cm³/mol. The molecule has 3 nitrogen and oxygen atoms in total. The minimum absolute atomic E-state index is 0.0705. The maximum Gasteiger partial charge on any atom is 0.0780 e. The van der Waals surface area contributed by atoms with Crippen LogP contribution < -0.4 is 0 Å². The van der Waals surface area contributed by atoms with Gasteiger partial charge in [-0.3, -0.25) is 0 Å². The number of rotatable bonds is 10. The van der Waals surface area contributed by atoms with Gasteiger partial charge in [0.05, 0.1) is 25.4 Å². The highest BCUT2D eigenvalue weighted by atomic mass is 16.5. The van der Waals surface area contributed by atoms with E-state index in [1.54, 1.807) is 0 Å². The Labute approximate surface area is 100 Å². The Bertz CT molecular complexity index is 148. The fourth-order valence-electron chi connectivity index (χ4n) is 1.34. The van der Waals surface area contributed by atoms with Crippen LogP contribution in [0.4, 0.5) is 0 Å². The van der Waals surface area contributed by atoms with Crippen molar-refractivity contribution in [1.29, 1.82) is 0 Å². The molecule has 0 fully saturated rings. The molecule has 0 spiro atoms. The van der Waals surface area contributed by atoms with Gasteiger partial charge in [0.15, 0.2) is 0 Å². The van der Waals surface area contributed by atoms with Crippen LogP contribution in [0.5, 0.6) is 0 Å². The predicted octanol–water partition coefficient (Wildman–Crippen LogP) is 2.62. The molecule has 0 rings (SSSR count). The minimum Gasteiger partial charge on any atom is -0.394 e. The maximum atomic E-state index is 8.78. The molecule has 3 heteroatoms. The van der Waals surface area contributed by atoms with Crippen molar-refractivity contribution in [3.63, 3.8) is 0 Å². The summed E-state index contributed by atoms with van der Waals surface area (Å²) in [5, 5.41) is 8.78. The number of aliphatic hydroxyl groups is 1. The van der Waals surface area contributed by atoms with Gasteiger partial charge in [-0.1, -0.05) is 26.7 Å². The number of hydrogen-bond donors (Lipinski definition) is 1. The highest BCUT2D eigenvalue weighted by Gasteiger charge is 2.05. The highest BCUT2D eigenvalue weighted by Crippen LogP contribution is 2.06. The molecule has 98 valence electrons. The van der Waals surface area contributed by atoms with Crippen LogP contribution in [-0.4, -0.2) is 37.1 Å². The second-order valence-corrected chi connectivity index (χ2v) is 4.90. The number of hydrogen-bond acceptors (Lipinski definition) is 3. The average Bonchev–Trinajstić information content (AvgIpc) is 2.24. The van der Waals surface area contributed by atoms with E-state index in [-0.39, 0.29) is 18.8 Å². The van der Waals surface area contributed by atoms with Crippen LogP contribution in [0.3, 0.4) is 0 Å². The molecule has 0 aliphatic heterocycles. The standard InChI is InChI=1S/C13H28O3/c1-11(2)7-5-6-8-15-13(4)10-16-12(3)9-14/h11-14H,5-10H2,1-4H3. The van der Waals surface area contributed by atoms with Gasteiger partial charge in [-0.05, 0) is 26.2 Å². The summed E-state index contributed by atoms with van der Waals surface area (Å²) in [5.74, 6) is 0.783. The Morgan fingerprint density at radius 3 is 2.19 bits per heavy atom. The average molecular weight is 232 g/mol. The Morgan fingerprint density at radius 2 is 1.62 bits per heavy atom. The number of unbranched alkanes of at least 4 members (excludes halogenated alkanes) is 1. The van der Waals surface area contributed by atoms with Gasteiger partial charge < -0.3 is 14.6 Å². The van der Waals surface area contributed by atoms with Crippen LogP contribution in [0.25, 0.3) is 0 Å². The van der Waals surface area contributed by atoms with Crippen LogP contribution >= 0.6 is 0 Å². The lowest BCUT2D eigenvalue weighted by Gasteiger charge is -2.16. The summed E-state index contributed by atoms with van der Waals surface area (Å²) in [6.07, 6.45) is 3.66. The molecule has 0 bridgehead atoms. The molecule has 16 heavy (non-hydrogen) atoms. The van der Waals surface area contributed by atoms with Gasteiger partial charge in [0.1, 0.15) is 0 Å². The van der Waals surface area contributed by atoms with Crippen LogP contribution in [0.15, 0.2) is 0 Å². The molecule has 0 saturated carbocycles. The first-order valence-electron chi connectivity index (χ1n) is 6.40. The molecule has 0 aliphatic rings. The van der Waals surface area contributed by atoms with Gasteiger partial charge in [0.2, 0.25) is 0 Å². The Kier molecular flexibility index (Phi) is 9.99. The molecule has 0 radical (unpaired) electrons. The molecular weight excluding hydrogens is 204 g/mol. The molecule has 0 aromatic heterocycles. The fourth-order valence-corrected chi connectivity index (χ4v) is 1.34. The third-order valence-corrected chi connectivity index (χ3v) is 2.45. The third kappa shape index (κ3) is 10.4. The molecule has 2 unspecified atom stereocenters. The van der Waals surface area contributed by atoms with E-state index in [9.17, 15) is 0 Å². The molecule has 1 N–H and O–H groups in total. The normalized spacial score (nSPS) is 15.4. The van der Waals surface area contributed by atoms with Crippen molar-refractivity contribution < 1.29 is 14.6 Å². The molecular formula is C13H28O3. The van der Waals surface area contributed by atoms with E-state index in [0.29, 0.717) is 6.61 Å². The summed E-state index contributed by atoms with van der Waals surface area (Å²) in [4.78, 5) is 0. The van der Waals surface area contributed by atoms with Gasteiger partial charge in [0.25, 0.3) is 0 Å². The SMILES string of the molecule is CC(C)CCCCOC(C)COC(C)CO. The summed E-state index contributed by atoms with van der Waals surface area (Å²) < 4.78 is 11.0. The van der Waals surface area contributed by atoms with Crippen molar-refractivity contribution in [3.05, 3.63) is 0 Å². The van der Waals surface area contributed by atoms with E-state index in [1.165, 1.54) is 12.8 Å².